The monoisotopic (exact) mass is 655 g/mol. The third-order valence-corrected chi connectivity index (χ3v) is 10.8. The maximum absolute atomic E-state index is 5.16. The largest absolute Gasteiger partial charge is 0.309 e. The van der Waals surface area contributed by atoms with Gasteiger partial charge in [0.2, 0.25) is 0 Å². The van der Waals surface area contributed by atoms with Crippen molar-refractivity contribution < 1.29 is 0 Å². The first-order valence-corrected chi connectivity index (χ1v) is 17.6. The number of nitrogens with zero attached hydrogens (tertiary/aromatic N) is 3. The maximum Gasteiger partial charge on any atom is 0.160 e. The van der Waals surface area contributed by atoms with Crippen LogP contribution in [0.25, 0.3) is 92.7 Å². The van der Waals surface area contributed by atoms with Crippen LogP contribution in [0.2, 0.25) is 0 Å². The van der Waals surface area contributed by atoms with Gasteiger partial charge in [-0.3, -0.25) is 0 Å². The molecule has 3 heterocycles. The fourth-order valence-electron chi connectivity index (χ4n) is 7.24. The standard InChI is InChI=1S/C46H29N3S/c1-4-13-30(14-5-1)40-29-41(48-46(47-40)31-15-6-2-7-16-31)39-21-12-20-38-37-26-24-33(28-44(37)50-45(38)39)32-23-25-36-35-19-10-11-22-42(35)49(43(36)27-32)34-17-8-3-9-18-34/h1-29H. The van der Waals surface area contributed by atoms with Gasteiger partial charge >= 0.3 is 0 Å². The van der Waals surface area contributed by atoms with Gasteiger partial charge in [0.25, 0.3) is 0 Å². The topological polar surface area (TPSA) is 30.7 Å². The summed E-state index contributed by atoms with van der Waals surface area (Å²) in [4.78, 5) is 10.2. The van der Waals surface area contributed by atoms with E-state index in [-0.39, 0.29) is 0 Å². The Bertz CT molecular complexity index is 2800. The summed E-state index contributed by atoms with van der Waals surface area (Å²) in [5, 5.41) is 5.03. The fourth-order valence-corrected chi connectivity index (χ4v) is 8.51. The smallest absolute Gasteiger partial charge is 0.160 e. The minimum absolute atomic E-state index is 0.727. The molecular formula is C46H29N3S. The predicted molar refractivity (Wildman–Crippen MR) is 211 cm³/mol. The highest BCUT2D eigenvalue weighted by Gasteiger charge is 2.17. The summed E-state index contributed by atoms with van der Waals surface area (Å²) in [5.74, 6) is 0.727. The van der Waals surface area contributed by atoms with Gasteiger partial charge in [-0.2, -0.15) is 0 Å². The summed E-state index contributed by atoms with van der Waals surface area (Å²) in [6.07, 6.45) is 0. The molecule has 0 bridgehead atoms. The van der Waals surface area contributed by atoms with E-state index in [4.69, 9.17) is 9.97 Å². The third-order valence-electron chi connectivity index (χ3n) is 9.62. The average molecular weight is 656 g/mol. The van der Waals surface area contributed by atoms with Gasteiger partial charge in [0.15, 0.2) is 5.82 Å². The van der Waals surface area contributed by atoms with Crippen LogP contribution in [-0.2, 0) is 0 Å². The molecule has 0 aliphatic rings. The van der Waals surface area contributed by atoms with Crippen LogP contribution in [0, 0.1) is 0 Å². The highest BCUT2D eigenvalue weighted by atomic mass is 32.1. The second-order valence-corrected chi connectivity index (χ2v) is 13.7. The molecule has 10 rings (SSSR count). The Balaban J connectivity index is 1.13. The highest BCUT2D eigenvalue weighted by Crippen LogP contribution is 2.42. The molecule has 0 amide bonds. The van der Waals surface area contributed by atoms with Crippen molar-refractivity contribution >= 4 is 53.3 Å². The SMILES string of the molecule is c1ccc(-c2cc(-c3cccc4c3sc3cc(-c5ccc6c7ccccc7n(-c7ccccc7)c6c5)ccc34)nc(-c3ccccc3)n2)cc1. The summed E-state index contributed by atoms with van der Waals surface area (Å²) in [7, 11) is 0. The number of para-hydroxylation sites is 2. The average Bonchev–Trinajstić information content (AvgIpc) is 3.74. The molecule has 234 valence electrons. The molecule has 0 saturated carbocycles. The van der Waals surface area contributed by atoms with Crippen LogP contribution in [0.5, 0.6) is 0 Å². The number of benzene rings is 7. The van der Waals surface area contributed by atoms with E-state index >= 15 is 0 Å². The van der Waals surface area contributed by atoms with Crippen LogP contribution < -0.4 is 0 Å². The van der Waals surface area contributed by atoms with Crippen molar-refractivity contribution in [3.8, 4) is 50.7 Å². The van der Waals surface area contributed by atoms with Crippen molar-refractivity contribution in [2.45, 2.75) is 0 Å². The predicted octanol–water partition coefficient (Wildman–Crippen LogP) is 12.6. The Hall–Kier alpha value is -6.36. The highest BCUT2D eigenvalue weighted by molar-refractivity contribution is 7.26. The van der Waals surface area contributed by atoms with Gasteiger partial charge in [-0.05, 0) is 47.5 Å². The van der Waals surface area contributed by atoms with Gasteiger partial charge in [0.05, 0.1) is 22.4 Å². The summed E-state index contributed by atoms with van der Waals surface area (Å²) in [5.41, 5.74) is 11.0. The summed E-state index contributed by atoms with van der Waals surface area (Å²) in [6, 6.07) is 62.5. The maximum atomic E-state index is 5.16. The van der Waals surface area contributed by atoms with E-state index in [1.165, 1.54) is 58.8 Å². The molecule has 3 nitrogen and oxygen atoms in total. The van der Waals surface area contributed by atoms with Crippen LogP contribution in [0.3, 0.4) is 0 Å². The van der Waals surface area contributed by atoms with Gasteiger partial charge < -0.3 is 4.57 Å². The number of thiophene rings is 1. The Labute approximate surface area is 293 Å². The van der Waals surface area contributed by atoms with E-state index in [2.05, 4.69) is 156 Å². The van der Waals surface area contributed by atoms with E-state index < -0.39 is 0 Å². The normalized spacial score (nSPS) is 11.6. The molecule has 7 aromatic carbocycles. The molecular weight excluding hydrogens is 627 g/mol. The number of fused-ring (bicyclic) bond motifs is 6. The molecule has 0 fully saturated rings. The first-order valence-electron chi connectivity index (χ1n) is 16.8. The molecule has 4 heteroatoms. The van der Waals surface area contributed by atoms with Crippen molar-refractivity contribution in [3.63, 3.8) is 0 Å². The zero-order valence-corrected chi connectivity index (χ0v) is 27.8. The fraction of sp³-hybridized carbons (Fsp3) is 0. The van der Waals surface area contributed by atoms with E-state index in [1.807, 2.05) is 35.6 Å². The molecule has 0 unspecified atom stereocenters. The van der Waals surface area contributed by atoms with Crippen molar-refractivity contribution in [3.05, 3.63) is 176 Å². The van der Waals surface area contributed by atoms with E-state index in [1.54, 1.807) is 0 Å². The molecule has 0 atom stereocenters. The van der Waals surface area contributed by atoms with Crippen LogP contribution in [0.1, 0.15) is 0 Å². The van der Waals surface area contributed by atoms with Crippen molar-refractivity contribution in [1.82, 2.24) is 14.5 Å². The number of hydrogen-bond donors (Lipinski definition) is 0. The Kier molecular flexibility index (Phi) is 6.68. The molecule has 0 N–H and O–H groups in total. The summed E-state index contributed by atoms with van der Waals surface area (Å²) < 4.78 is 4.87. The van der Waals surface area contributed by atoms with Crippen molar-refractivity contribution in [1.29, 1.82) is 0 Å². The number of hydrogen-bond acceptors (Lipinski definition) is 3. The zero-order valence-electron chi connectivity index (χ0n) is 27.0. The van der Waals surface area contributed by atoms with Crippen LogP contribution in [0.4, 0.5) is 0 Å². The molecule has 10 aromatic rings. The van der Waals surface area contributed by atoms with Crippen LogP contribution in [-0.4, -0.2) is 14.5 Å². The second-order valence-electron chi connectivity index (χ2n) is 12.6. The van der Waals surface area contributed by atoms with Gasteiger partial charge in [0, 0.05) is 53.3 Å². The number of rotatable bonds is 5. The van der Waals surface area contributed by atoms with Gasteiger partial charge in [-0.25, -0.2) is 9.97 Å². The Morgan fingerprint density at radius 1 is 0.400 bits per heavy atom. The molecule has 50 heavy (non-hydrogen) atoms. The lowest BCUT2D eigenvalue weighted by atomic mass is 10.0. The minimum atomic E-state index is 0.727. The van der Waals surface area contributed by atoms with Gasteiger partial charge in [-0.15, -0.1) is 11.3 Å². The van der Waals surface area contributed by atoms with Crippen molar-refractivity contribution in [2.24, 2.45) is 0 Å². The lowest BCUT2D eigenvalue weighted by Gasteiger charge is -2.10. The van der Waals surface area contributed by atoms with Crippen LogP contribution >= 0.6 is 11.3 Å². The first-order chi connectivity index (χ1) is 24.8. The number of aromatic nitrogens is 3. The Morgan fingerprint density at radius 3 is 1.82 bits per heavy atom. The van der Waals surface area contributed by atoms with Crippen molar-refractivity contribution in [2.75, 3.05) is 0 Å². The lowest BCUT2D eigenvalue weighted by molar-refractivity contribution is 1.18. The van der Waals surface area contributed by atoms with Crippen LogP contribution in [0.15, 0.2) is 176 Å². The van der Waals surface area contributed by atoms with Gasteiger partial charge in [-0.1, -0.05) is 140 Å². The minimum Gasteiger partial charge on any atom is -0.309 e. The molecule has 0 radical (unpaired) electrons. The zero-order chi connectivity index (χ0) is 33.0. The second kappa shape index (κ2) is 11.7. The lowest BCUT2D eigenvalue weighted by Crippen LogP contribution is -1.95. The van der Waals surface area contributed by atoms with E-state index in [0.717, 1.165) is 33.9 Å². The molecule has 0 aliphatic heterocycles. The summed E-state index contributed by atoms with van der Waals surface area (Å²) >= 11 is 1.84. The molecule has 0 aliphatic carbocycles. The van der Waals surface area contributed by atoms with E-state index in [9.17, 15) is 0 Å². The Morgan fingerprint density at radius 2 is 1.02 bits per heavy atom. The van der Waals surface area contributed by atoms with Gasteiger partial charge in [0.1, 0.15) is 0 Å². The molecule has 0 saturated heterocycles. The molecule has 3 aromatic heterocycles. The third kappa shape index (κ3) is 4.73. The molecule has 0 spiro atoms. The first kappa shape index (κ1) is 28.6. The quantitative estimate of drug-likeness (QED) is 0.185. The van der Waals surface area contributed by atoms with E-state index in [0.29, 0.717) is 0 Å². The summed E-state index contributed by atoms with van der Waals surface area (Å²) in [6.45, 7) is 0.